The second kappa shape index (κ2) is 7.81. The molecule has 106 valence electrons. The third kappa shape index (κ3) is 5.07. The molecule has 0 bridgehead atoms. The second-order valence-corrected chi connectivity index (χ2v) is 6.31. The molecule has 0 radical (unpaired) electrons. The Hall–Kier alpha value is -0.670. The highest BCUT2D eigenvalue weighted by Crippen LogP contribution is 2.23. The zero-order chi connectivity index (χ0) is 13.5. The lowest BCUT2D eigenvalue weighted by atomic mass is 9.87. The van der Waals surface area contributed by atoms with Gasteiger partial charge in [0.15, 0.2) is 0 Å². The van der Waals surface area contributed by atoms with Gasteiger partial charge in [-0.3, -0.25) is 0 Å². The number of hydrogen-bond acceptors (Lipinski definition) is 3. The van der Waals surface area contributed by atoms with Crippen molar-refractivity contribution in [2.24, 2.45) is 5.92 Å². The fourth-order valence-corrected chi connectivity index (χ4v) is 2.98. The van der Waals surface area contributed by atoms with Crippen LogP contribution in [0.3, 0.4) is 0 Å². The fraction of sp³-hybridized carbons (Fsp3) is 0.625. The summed E-state index contributed by atoms with van der Waals surface area (Å²) < 4.78 is 5.75. The molecule has 0 spiro atoms. The normalized spacial score (nSPS) is 23.3. The molecule has 0 saturated heterocycles. The zero-order valence-corrected chi connectivity index (χ0v) is 12.8. The molecule has 0 aliphatic heterocycles. The van der Waals surface area contributed by atoms with Gasteiger partial charge in [-0.05, 0) is 62.1 Å². The van der Waals surface area contributed by atoms with Crippen LogP contribution in [0.5, 0.6) is 5.75 Å². The molecule has 19 heavy (non-hydrogen) atoms. The first-order chi connectivity index (χ1) is 9.28. The Morgan fingerprint density at radius 3 is 2.47 bits per heavy atom. The van der Waals surface area contributed by atoms with Crippen molar-refractivity contribution in [1.82, 2.24) is 5.32 Å². The molecule has 0 unspecified atom stereocenters. The largest absolute Gasteiger partial charge is 0.492 e. The Bertz CT molecular complexity index is 358. The van der Waals surface area contributed by atoms with Gasteiger partial charge < -0.3 is 10.1 Å². The topological polar surface area (TPSA) is 21.3 Å². The van der Waals surface area contributed by atoms with Gasteiger partial charge >= 0.3 is 0 Å². The second-order valence-electron chi connectivity index (χ2n) is 5.43. The van der Waals surface area contributed by atoms with E-state index in [-0.39, 0.29) is 0 Å². The molecule has 0 atom stereocenters. The van der Waals surface area contributed by atoms with Crippen LogP contribution in [0.4, 0.5) is 0 Å². The first-order valence-corrected chi connectivity index (χ1v) is 8.50. The van der Waals surface area contributed by atoms with Crippen molar-refractivity contribution >= 4 is 11.8 Å². The maximum atomic E-state index is 5.75. The van der Waals surface area contributed by atoms with Crippen molar-refractivity contribution in [1.29, 1.82) is 0 Å². The average molecular weight is 279 g/mol. The first-order valence-electron chi connectivity index (χ1n) is 7.28. The van der Waals surface area contributed by atoms with Crippen LogP contribution < -0.4 is 10.1 Å². The summed E-state index contributed by atoms with van der Waals surface area (Å²) in [5.41, 5.74) is 0. The van der Waals surface area contributed by atoms with Gasteiger partial charge in [-0.25, -0.2) is 0 Å². The van der Waals surface area contributed by atoms with Gasteiger partial charge in [-0.1, -0.05) is 6.92 Å². The lowest BCUT2D eigenvalue weighted by Crippen LogP contribution is -2.35. The molecule has 1 aliphatic rings. The third-order valence-electron chi connectivity index (χ3n) is 3.88. The number of hydrogen-bond donors (Lipinski definition) is 1. The average Bonchev–Trinajstić information content (AvgIpc) is 2.46. The van der Waals surface area contributed by atoms with Crippen LogP contribution >= 0.6 is 11.8 Å². The predicted octanol–water partition coefficient (Wildman–Crippen LogP) is 3.96. The summed E-state index contributed by atoms with van der Waals surface area (Å²) in [5, 5.41) is 3.61. The highest BCUT2D eigenvalue weighted by atomic mass is 32.2. The molecule has 2 rings (SSSR count). The minimum Gasteiger partial charge on any atom is -0.492 e. The molecule has 3 heteroatoms. The van der Waals surface area contributed by atoms with E-state index < -0.39 is 0 Å². The SMILES string of the molecule is CSc1ccc(OCCNC2CCC(C)CC2)cc1. The Morgan fingerprint density at radius 2 is 1.84 bits per heavy atom. The zero-order valence-electron chi connectivity index (χ0n) is 12.0. The van der Waals surface area contributed by atoms with E-state index in [1.54, 1.807) is 11.8 Å². The van der Waals surface area contributed by atoms with Gasteiger partial charge in [-0.15, -0.1) is 11.8 Å². The lowest BCUT2D eigenvalue weighted by molar-refractivity contribution is 0.270. The standard InChI is InChI=1S/C16H25NOS/c1-13-3-5-14(6-4-13)17-11-12-18-15-7-9-16(19-2)10-8-15/h7-10,13-14,17H,3-6,11-12H2,1-2H3. The predicted molar refractivity (Wildman–Crippen MR) is 83.1 cm³/mol. The van der Waals surface area contributed by atoms with E-state index in [9.17, 15) is 0 Å². The van der Waals surface area contributed by atoms with Crippen LogP contribution in [0.2, 0.25) is 0 Å². The highest BCUT2D eigenvalue weighted by Gasteiger charge is 2.17. The van der Waals surface area contributed by atoms with Crippen molar-refractivity contribution in [2.75, 3.05) is 19.4 Å². The smallest absolute Gasteiger partial charge is 0.119 e. The van der Waals surface area contributed by atoms with E-state index in [1.807, 2.05) is 12.1 Å². The molecule has 1 saturated carbocycles. The van der Waals surface area contributed by atoms with Crippen LogP contribution in [0, 0.1) is 5.92 Å². The van der Waals surface area contributed by atoms with Crippen molar-refractivity contribution in [2.45, 2.75) is 43.5 Å². The first kappa shape index (κ1) is 14.7. The van der Waals surface area contributed by atoms with E-state index >= 15 is 0 Å². The molecule has 0 aromatic heterocycles. The van der Waals surface area contributed by atoms with Gasteiger partial charge in [-0.2, -0.15) is 0 Å². The Labute approximate surface area is 121 Å². The minimum atomic E-state index is 0.707. The van der Waals surface area contributed by atoms with Crippen LogP contribution in [-0.4, -0.2) is 25.4 Å². The van der Waals surface area contributed by atoms with Crippen molar-refractivity contribution < 1.29 is 4.74 Å². The summed E-state index contributed by atoms with van der Waals surface area (Å²) in [5.74, 6) is 1.89. The van der Waals surface area contributed by atoms with Crippen LogP contribution in [0.15, 0.2) is 29.2 Å². The van der Waals surface area contributed by atoms with Gasteiger partial charge in [0, 0.05) is 17.5 Å². The van der Waals surface area contributed by atoms with Crippen LogP contribution in [0.25, 0.3) is 0 Å². The van der Waals surface area contributed by atoms with E-state index in [0.717, 1.165) is 24.8 Å². The molecule has 1 aromatic carbocycles. The number of ether oxygens (including phenoxy) is 1. The van der Waals surface area contributed by atoms with Gasteiger partial charge in [0.1, 0.15) is 12.4 Å². The van der Waals surface area contributed by atoms with Crippen molar-refractivity contribution in [3.63, 3.8) is 0 Å². The molecule has 1 aromatic rings. The summed E-state index contributed by atoms with van der Waals surface area (Å²) in [6, 6.07) is 9.02. The third-order valence-corrected chi connectivity index (χ3v) is 4.62. The molecule has 0 amide bonds. The summed E-state index contributed by atoms with van der Waals surface area (Å²) in [6.45, 7) is 4.06. The van der Waals surface area contributed by atoms with Crippen LogP contribution in [0.1, 0.15) is 32.6 Å². The highest BCUT2D eigenvalue weighted by molar-refractivity contribution is 7.98. The number of rotatable bonds is 6. The Balaban J connectivity index is 1.61. The van der Waals surface area contributed by atoms with E-state index in [4.69, 9.17) is 4.74 Å². The molecule has 0 heterocycles. The molecule has 1 fully saturated rings. The van der Waals surface area contributed by atoms with E-state index in [0.29, 0.717) is 6.04 Å². The Morgan fingerprint density at radius 1 is 1.16 bits per heavy atom. The fourth-order valence-electron chi connectivity index (χ4n) is 2.57. The monoisotopic (exact) mass is 279 g/mol. The number of nitrogens with one attached hydrogen (secondary N) is 1. The van der Waals surface area contributed by atoms with Crippen LogP contribution in [-0.2, 0) is 0 Å². The molecular formula is C16H25NOS. The number of thioether (sulfide) groups is 1. The molecule has 1 aliphatic carbocycles. The molecule has 2 nitrogen and oxygen atoms in total. The summed E-state index contributed by atoms with van der Waals surface area (Å²) in [6.07, 6.45) is 7.47. The Kier molecular flexibility index (Phi) is 6.05. The van der Waals surface area contributed by atoms with Crippen molar-refractivity contribution in [3.8, 4) is 5.75 Å². The quantitative estimate of drug-likeness (QED) is 0.629. The summed E-state index contributed by atoms with van der Waals surface area (Å²) >= 11 is 1.76. The van der Waals surface area contributed by atoms with Crippen molar-refractivity contribution in [3.05, 3.63) is 24.3 Å². The lowest BCUT2D eigenvalue weighted by Gasteiger charge is -2.27. The van der Waals surface area contributed by atoms with E-state index in [2.05, 4.69) is 30.6 Å². The molecule has 1 N–H and O–H groups in total. The summed E-state index contributed by atoms with van der Waals surface area (Å²) in [4.78, 5) is 1.28. The maximum absolute atomic E-state index is 5.75. The summed E-state index contributed by atoms with van der Waals surface area (Å²) in [7, 11) is 0. The minimum absolute atomic E-state index is 0.707. The van der Waals surface area contributed by atoms with Gasteiger partial charge in [0.25, 0.3) is 0 Å². The van der Waals surface area contributed by atoms with Gasteiger partial charge in [0.05, 0.1) is 0 Å². The van der Waals surface area contributed by atoms with E-state index in [1.165, 1.54) is 30.6 Å². The maximum Gasteiger partial charge on any atom is 0.119 e. The van der Waals surface area contributed by atoms with Gasteiger partial charge in [0.2, 0.25) is 0 Å². The number of benzene rings is 1. The molecular weight excluding hydrogens is 254 g/mol.